The molecule has 1 unspecified atom stereocenters. The Bertz CT molecular complexity index is 390. The van der Waals surface area contributed by atoms with Gasteiger partial charge in [-0.05, 0) is 18.1 Å². The number of carbonyl (C=O) groups excluding carboxylic acids is 1. The van der Waals surface area contributed by atoms with E-state index in [2.05, 4.69) is 0 Å². The third-order valence-electron chi connectivity index (χ3n) is 2.29. The highest BCUT2D eigenvalue weighted by Crippen LogP contribution is 2.15. The Morgan fingerprint density at radius 1 is 1.27 bits per heavy atom. The summed E-state index contributed by atoms with van der Waals surface area (Å²) in [6.45, 7) is 0. The zero-order valence-corrected chi connectivity index (χ0v) is 8.30. The fourth-order valence-corrected chi connectivity index (χ4v) is 1.45. The van der Waals surface area contributed by atoms with Gasteiger partial charge in [0.2, 0.25) is 0 Å². The highest BCUT2D eigenvalue weighted by molar-refractivity contribution is 5.77. The maximum atomic E-state index is 11.3. The molecule has 0 spiro atoms. The van der Waals surface area contributed by atoms with Crippen molar-refractivity contribution in [1.29, 1.82) is 0 Å². The Morgan fingerprint density at radius 2 is 2.07 bits per heavy atom. The lowest BCUT2D eigenvalue weighted by Gasteiger charge is -2.11. The number of ether oxygens (including phenoxy) is 1. The molecule has 0 N–H and O–H groups in total. The number of hydrogen-bond acceptors (Lipinski definition) is 2. The SMILES string of the molecule is O=C1OC=CCC1C=Cc1ccccc1. The maximum absolute atomic E-state index is 11.3. The van der Waals surface area contributed by atoms with E-state index >= 15 is 0 Å². The van der Waals surface area contributed by atoms with Crippen LogP contribution in [0.25, 0.3) is 6.08 Å². The fourth-order valence-electron chi connectivity index (χ4n) is 1.45. The van der Waals surface area contributed by atoms with Gasteiger partial charge in [0.25, 0.3) is 0 Å². The van der Waals surface area contributed by atoms with Crippen molar-refractivity contribution in [1.82, 2.24) is 0 Å². The number of carbonyl (C=O) groups is 1. The molecule has 1 aromatic carbocycles. The summed E-state index contributed by atoms with van der Waals surface area (Å²) in [5.74, 6) is -0.320. The van der Waals surface area contributed by atoms with Crippen molar-refractivity contribution < 1.29 is 9.53 Å². The van der Waals surface area contributed by atoms with E-state index in [1.54, 1.807) is 0 Å². The molecule has 2 rings (SSSR count). The second-order valence-electron chi connectivity index (χ2n) is 3.42. The molecule has 0 saturated heterocycles. The third-order valence-corrected chi connectivity index (χ3v) is 2.29. The van der Waals surface area contributed by atoms with Gasteiger partial charge in [0.15, 0.2) is 0 Å². The first-order valence-electron chi connectivity index (χ1n) is 4.95. The first-order chi connectivity index (χ1) is 7.36. The first-order valence-corrected chi connectivity index (χ1v) is 4.95. The summed E-state index contributed by atoms with van der Waals surface area (Å²) >= 11 is 0. The number of allylic oxidation sites excluding steroid dienone is 1. The minimum absolute atomic E-state index is 0.143. The van der Waals surface area contributed by atoms with Crippen LogP contribution in [-0.4, -0.2) is 5.97 Å². The minimum atomic E-state index is -0.176. The van der Waals surface area contributed by atoms with Crippen molar-refractivity contribution in [2.75, 3.05) is 0 Å². The number of hydrogen-bond donors (Lipinski definition) is 0. The molecule has 0 aromatic heterocycles. The Kier molecular flexibility index (Phi) is 2.98. The number of esters is 1. The zero-order valence-electron chi connectivity index (χ0n) is 8.30. The lowest BCUT2D eigenvalue weighted by Crippen LogP contribution is -2.15. The van der Waals surface area contributed by atoms with Gasteiger partial charge in [-0.15, -0.1) is 0 Å². The topological polar surface area (TPSA) is 26.3 Å². The molecule has 15 heavy (non-hydrogen) atoms. The molecule has 2 heteroatoms. The second kappa shape index (κ2) is 4.60. The van der Waals surface area contributed by atoms with E-state index in [-0.39, 0.29) is 11.9 Å². The molecule has 0 amide bonds. The predicted molar refractivity (Wildman–Crippen MR) is 58.8 cm³/mol. The van der Waals surface area contributed by atoms with Crippen LogP contribution in [0.4, 0.5) is 0 Å². The molecule has 0 fully saturated rings. The van der Waals surface area contributed by atoms with Gasteiger partial charge in [-0.2, -0.15) is 0 Å². The molecule has 1 heterocycles. The molecule has 0 aliphatic carbocycles. The van der Waals surface area contributed by atoms with Crippen molar-refractivity contribution in [3.05, 3.63) is 54.3 Å². The van der Waals surface area contributed by atoms with Crippen LogP contribution in [0.3, 0.4) is 0 Å². The van der Waals surface area contributed by atoms with Crippen LogP contribution >= 0.6 is 0 Å². The summed E-state index contributed by atoms with van der Waals surface area (Å²) in [4.78, 5) is 11.3. The standard InChI is InChI=1S/C13H12O2/c14-13-12(7-4-10-15-13)9-8-11-5-2-1-3-6-11/h1-6,8-10,12H,7H2. The molecular weight excluding hydrogens is 188 g/mol. The molecule has 2 nitrogen and oxygen atoms in total. The minimum Gasteiger partial charge on any atom is -0.434 e. The zero-order chi connectivity index (χ0) is 10.5. The van der Waals surface area contributed by atoms with Gasteiger partial charge in [0, 0.05) is 0 Å². The van der Waals surface area contributed by atoms with Crippen molar-refractivity contribution in [2.45, 2.75) is 6.42 Å². The molecule has 1 aliphatic rings. The number of cyclic esters (lactones) is 1. The fraction of sp³-hybridized carbons (Fsp3) is 0.154. The highest BCUT2D eigenvalue weighted by Gasteiger charge is 2.17. The van der Waals surface area contributed by atoms with Crippen molar-refractivity contribution in [3.8, 4) is 0 Å². The highest BCUT2D eigenvalue weighted by atomic mass is 16.5. The average molecular weight is 200 g/mol. The van der Waals surface area contributed by atoms with Crippen LogP contribution in [0.1, 0.15) is 12.0 Å². The van der Waals surface area contributed by atoms with E-state index in [0.29, 0.717) is 0 Å². The molecule has 76 valence electrons. The van der Waals surface area contributed by atoms with E-state index in [4.69, 9.17) is 4.74 Å². The molecule has 1 aliphatic heterocycles. The van der Waals surface area contributed by atoms with Gasteiger partial charge >= 0.3 is 5.97 Å². The molecule has 0 bridgehead atoms. The smallest absolute Gasteiger partial charge is 0.317 e. The van der Waals surface area contributed by atoms with Crippen LogP contribution < -0.4 is 0 Å². The lowest BCUT2D eigenvalue weighted by molar-refractivity contribution is -0.141. The molecule has 0 saturated carbocycles. The van der Waals surface area contributed by atoms with Gasteiger partial charge in [0.05, 0.1) is 12.2 Å². The Morgan fingerprint density at radius 3 is 2.80 bits per heavy atom. The normalized spacial score (nSPS) is 20.5. The van der Waals surface area contributed by atoms with Crippen LogP contribution in [0.5, 0.6) is 0 Å². The van der Waals surface area contributed by atoms with Gasteiger partial charge in [-0.3, -0.25) is 4.79 Å². The van der Waals surface area contributed by atoms with Gasteiger partial charge < -0.3 is 4.74 Å². The van der Waals surface area contributed by atoms with Gasteiger partial charge in [0.1, 0.15) is 0 Å². The quantitative estimate of drug-likeness (QED) is 0.686. The van der Waals surface area contributed by atoms with Crippen LogP contribution in [0.2, 0.25) is 0 Å². The first kappa shape index (κ1) is 9.71. The van der Waals surface area contributed by atoms with E-state index < -0.39 is 0 Å². The van der Waals surface area contributed by atoms with Gasteiger partial charge in [-0.1, -0.05) is 42.5 Å². The van der Waals surface area contributed by atoms with Crippen LogP contribution in [0, 0.1) is 5.92 Å². The van der Waals surface area contributed by atoms with Crippen molar-refractivity contribution in [2.24, 2.45) is 5.92 Å². The lowest BCUT2D eigenvalue weighted by atomic mass is 10.0. The largest absolute Gasteiger partial charge is 0.434 e. The van der Waals surface area contributed by atoms with Crippen molar-refractivity contribution in [3.63, 3.8) is 0 Å². The third kappa shape index (κ3) is 2.56. The summed E-state index contributed by atoms with van der Waals surface area (Å²) in [7, 11) is 0. The van der Waals surface area contributed by atoms with Crippen LogP contribution in [-0.2, 0) is 9.53 Å². The maximum Gasteiger partial charge on any atom is 0.317 e. The number of benzene rings is 1. The Balaban J connectivity index is 2.05. The Labute approximate surface area is 88.9 Å². The summed E-state index contributed by atoms with van der Waals surface area (Å²) < 4.78 is 4.81. The van der Waals surface area contributed by atoms with E-state index in [0.717, 1.165) is 12.0 Å². The van der Waals surface area contributed by atoms with E-state index in [1.165, 1.54) is 6.26 Å². The van der Waals surface area contributed by atoms with E-state index in [1.807, 2.05) is 48.6 Å². The molecule has 1 atom stereocenters. The van der Waals surface area contributed by atoms with E-state index in [9.17, 15) is 4.79 Å². The average Bonchev–Trinajstić information content (AvgIpc) is 2.29. The number of rotatable bonds is 2. The molecule has 1 aromatic rings. The summed E-state index contributed by atoms with van der Waals surface area (Å²) in [5.41, 5.74) is 1.10. The summed E-state index contributed by atoms with van der Waals surface area (Å²) in [6.07, 6.45) is 7.88. The summed E-state index contributed by atoms with van der Waals surface area (Å²) in [6, 6.07) is 9.91. The van der Waals surface area contributed by atoms with Crippen LogP contribution in [0.15, 0.2) is 48.7 Å². The molecule has 0 radical (unpaired) electrons. The monoisotopic (exact) mass is 200 g/mol. The predicted octanol–water partition coefficient (Wildman–Crippen LogP) is 2.78. The Hall–Kier alpha value is -1.83. The summed E-state index contributed by atoms with van der Waals surface area (Å²) in [5, 5.41) is 0. The van der Waals surface area contributed by atoms with Crippen molar-refractivity contribution >= 4 is 12.0 Å². The molecular formula is C13H12O2. The van der Waals surface area contributed by atoms with Gasteiger partial charge in [-0.25, -0.2) is 0 Å². The second-order valence-corrected chi connectivity index (χ2v) is 3.42.